The summed E-state index contributed by atoms with van der Waals surface area (Å²) >= 11 is 0. The highest BCUT2D eigenvalue weighted by Crippen LogP contribution is 2.40. The Balaban J connectivity index is 1.61. The molecule has 0 saturated carbocycles. The first-order valence-electron chi connectivity index (χ1n) is 11.5. The predicted octanol–water partition coefficient (Wildman–Crippen LogP) is 2.30. The van der Waals surface area contributed by atoms with Crippen LogP contribution in [-0.2, 0) is 13.8 Å². The summed E-state index contributed by atoms with van der Waals surface area (Å²) in [5, 5.41) is 32.6. The molecule has 0 spiro atoms. The topological polar surface area (TPSA) is 203 Å². The molecule has 4 N–H and O–H groups in total. The number of hydrogen-bond acceptors (Lipinski definition) is 10. The highest BCUT2D eigenvalue weighted by Gasteiger charge is 2.46. The van der Waals surface area contributed by atoms with Crippen LogP contribution in [0.2, 0.25) is 0 Å². The van der Waals surface area contributed by atoms with Gasteiger partial charge in [0, 0.05) is 17.7 Å². The first-order chi connectivity index (χ1) is 18.6. The quantitative estimate of drug-likeness (QED) is 0.140. The second-order valence-corrected chi connectivity index (χ2v) is 9.86. The fourth-order valence-corrected chi connectivity index (χ4v) is 4.56. The Labute approximate surface area is 220 Å². The van der Waals surface area contributed by atoms with Crippen LogP contribution in [0.15, 0.2) is 60.9 Å². The fraction of sp³-hybridized carbons (Fsp3) is 0.208. The van der Waals surface area contributed by atoms with Crippen LogP contribution < -0.4 is 0 Å². The van der Waals surface area contributed by atoms with Crippen LogP contribution in [0.4, 0.5) is 5.69 Å². The van der Waals surface area contributed by atoms with Crippen LogP contribution in [0, 0.1) is 10.1 Å². The lowest BCUT2D eigenvalue weighted by molar-refractivity contribution is -0.384. The molecule has 15 heteroatoms. The van der Waals surface area contributed by atoms with E-state index < -0.39 is 43.9 Å². The van der Waals surface area contributed by atoms with Crippen LogP contribution in [0.5, 0.6) is 0 Å². The van der Waals surface area contributed by atoms with E-state index in [0.717, 1.165) is 5.56 Å². The Hall–Kier alpha value is -3.88. The number of ether oxygens (including phenoxy) is 1. The molecule has 2 aromatic carbocycles. The highest BCUT2D eigenvalue weighted by molar-refractivity contribution is 7.46. The summed E-state index contributed by atoms with van der Waals surface area (Å²) in [4.78, 5) is 42.0. The zero-order valence-corrected chi connectivity index (χ0v) is 20.9. The van der Waals surface area contributed by atoms with Crippen molar-refractivity contribution in [3.8, 4) is 11.4 Å². The summed E-state index contributed by atoms with van der Waals surface area (Å²) in [6, 6.07) is 15.0. The normalized spacial score (nSPS) is 21.6. The zero-order chi connectivity index (χ0) is 27.7. The molecule has 14 nitrogen and oxygen atoms in total. The van der Waals surface area contributed by atoms with E-state index in [4.69, 9.17) is 14.5 Å². The van der Waals surface area contributed by atoms with E-state index in [0.29, 0.717) is 16.8 Å². The lowest BCUT2D eigenvalue weighted by Gasteiger charge is -2.19. The van der Waals surface area contributed by atoms with Gasteiger partial charge in [-0.2, -0.15) is 0 Å². The van der Waals surface area contributed by atoms with Gasteiger partial charge < -0.3 is 24.7 Å². The number of benzene rings is 2. The second kappa shape index (κ2) is 10.7. The van der Waals surface area contributed by atoms with Gasteiger partial charge in [0.25, 0.3) is 5.69 Å². The van der Waals surface area contributed by atoms with E-state index in [-0.39, 0.29) is 17.2 Å². The fourth-order valence-electron chi connectivity index (χ4n) is 4.22. The van der Waals surface area contributed by atoms with Crippen molar-refractivity contribution in [3.05, 3.63) is 82.3 Å². The number of non-ortho nitro benzene ring substituents is 1. The Kier molecular flexibility index (Phi) is 7.34. The zero-order valence-electron chi connectivity index (χ0n) is 20.0. The van der Waals surface area contributed by atoms with E-state index in [9.17, 15) is 24.9 Å². The summed E-state index contributed by atoms with van der Waals surface area (Å²) in [6.07, 6.45) is -0.886. The number of nitro benzene ring substituents is 1. The third kappa shape index (κ3) is 5.62. The molecule has 2 aromatic heterocycles. The number of imidazole rings is 1. The number of fused-ring (bicyclic) bond motifs is 1. The average molecular weight is 555 g/mol. The maximum Gasteiger partial charge on any atom is 0.469 e. The standard InChI is InChI=1S/C24H22N5O9P/c30-20-18(12-37-39(34,35)36)38-24(21(20)31)28-22(15-7-9-16(10-8-15)29(32)33)27-19-17(25-13-26-23(19)28)11-6-14-4-2-1-3-5-14/h1-11,13,18,20-21,24,30-31H,12H2,(H2,34,35,36)/b11-6+/t18-,20-,21-,24-/m1/s1. The second-order valence-electron chi connectivity index (χ2n) is 8.62. The van der Waals surface area contributed by atoms with E-state index >= 15 is 0 Å². The molecule has 5 rings (SSSR count). The van der Waals surface area contributed by atoms with Crippen molar-refractivity contribution in [1.82, 2.24) is 19.5 Å². The number of nitrogens with zero attached hydrogens (tertiary/aromatic N) is 5. The van der Waals surface area contributed by atoms with Crippen LogP contribution in [0.3, 0.4) is 0 Å². The van der Waals surface area contributed by atoms with E-state index in [1.54, 1.807) is 6.08 Å². The number of phosphoric ester groups is 1. The summed E-state index contributed by atoms with van der Waals surface area (Å²) < 4.78 is 22.8. The number of rotatable bonds is 8. The molecule has 1 saturated heterocycles. The van der Waals surface area contributed by atoms with Crippen molar-refractivity contribution in [3.63, 3.8) is 0 Å². The first-order valence-corrected chi connectivity index (χ1v) is 13.1. The SMILES string of the molecule is O=[N+]([O-])c1ccc(-c2nc3c(/C=C/c4ccccc4)ncnc3n2[C@@H]2O[C@H](COP(=O)(O)O)[C@@H](O)[C@H]2O)cc1. The molecule has 1 aliphatic heterocycles. The van der Waals surface area contributed by atoms with Gasteiger partial charge in [0.15, 0.2) is 11.9 Å². The molecule has 4 aromatic rings. The van der Waals surface area contributed by atoms with Gasteiger partial charge in [-0.1, -0.05) is 36.4 Å². The molecule has 0 radical (unpaired) electrons. The van der Waals surface area contributed by atoms with E-state index in [1.807, 2.05) is 36.4 Å². The minimum atomic E-state index is -4.87. The third-order valence-electron chi connectivity index (χ3n) is 6.07. The van der Waals surface area contributed by atoms with Crippen molar-refractivity contribution in [2.45, 2.75) is 24.5 Å². The average Bonchev–Trinajstić information content (AvgIpc) is 3.44. The number of nitro groups is 1. The van der Waals surface area contributed by atoms with Gasteiger partial charge >= 0.3 is 7.82 Å². The molecule has 39 heavy (non-hydrogen) atoms. The molecule has 0 amide bonds. The Morgan fingerprint density at radius 3 is 2.44 bits per heavy atom. The molecule has 0 unspecified atom stereocenters. The van der Waals surface area contributed by atoms with Crippen LogP contribution in [0.25, 0.3) is 34.7 Å². The van der Waals surface area contributed by atoms with Crippen LogP contribution in [-0.4, -0.2) is 69.4 Å². The monoisotopic (exact) mass is 555 g/mol. The van der Waals surface area contributed by atoms with Gasteiger partial charge in [0.05, 0.1) is 17.2 Å². The minimum Gasteiger partial charge on any atom is -0.387 e. The predicted molar refractivity (Wildman–Crippen MR) is 137 cm³/mol. The Morgan fingerprint density at radius 1 is 1.05 bits per heavy atom. The summed E-state index contributed by atoms with van der Waals surface area (Å²) in [6.45, 7) is -0.696. The van der Waals surface area contributed by atoms with Gasteiger partial charge in [-0.05, 0) is 23.8 Å². The van der Waals surface area contributed by atoms with Crippen LogP contribution >= 0.6 is 7.82 Å². The Bertz CT molecular complexity index is 1570. The number of aromatic nitrogens is 4. The van der Waals surface area contributed by atoms with Gasteiger partial charge in [0.1, 0.15) is 36.0 Å². The third-order valence-corrected chi connectivity index (χ3v) is 6.56. The highest BCUT2D eigenvalue weighted by atomic mass is 31.2. The first kappa shape index (κ1) is 26.7. The molecule has 4 atom stereocenters. The molecule has 1 aliphatic rings. The van der Waals surface area contributed by atoms with E-state index in [1.165, 1.54) is 35.2 Å². The molecular weight excluding hydrogens is 533 g/mol. The maximum atomic E-state index is 11.2. The van der Waals surface area contributed by atoms with Gasteiger partial charge in [-0.3, -0.25) is 19.2 Å². The number of aliphatic hydroxyl groups excluding tert-OH is 2. The molecule has 3 heterocycles. The van der Waals surface area contributed by atoms with Crippen molar-refractivity contribution >= 4 is 36.8 Å². The van der Waals surface area contributed by atoms with Gasteiger partial charge in [-0.15, -0.1) is 0 Å². The van der Waals surface area contributed by atoms with E-state index in [2.05, 4.69) is 19.5 Å². The number of hydrogen-bond donors (Lipinski definition) is 4. The minimum absolute atomic E-state index is 0.144. The smallest absolute Gasteiger partial charge is 0.387 e. The molecule has 0 aliphatic carbocycles. The van der Waals surface area contributed by atoms with Gasteiger partial charge in [-0.25, -0.2) is 19.5 Å². The summed E-state index contributed by atoms with van der Waals surface area (Å²) in [5.41, 5.74) is 2.15. The lowest BCUT2D eigenvalue weighted by Crippen LogP contribution is -2.33. The summed E-state index contributed by atoms with van der Waals surface area (Å²) in [7, 11) is -4.87. The lowest BCUT2D eigenvalue weighted by atomic mass is 10.1. The van der Waals surface area contributed by atoms with Crippen molar-refractivity contribution in [2.75, 3.05) is 6.61 Å². The number of aliphatic hydroxyl groups is 2. The largest absolute Gasteiger partial charge is 0.469 e. The summed E-state index contributed by atoms with van der Waals surface area (Å²) in [5.74, 6) is 0.197. The van der Waals surface area contributed by atoms with Crippen LogP contribution in [0.1, 0.15) is 17.5 Å². The van der Waals surface area contributed by atoms with Crippen molar-refractivity contribution in [2.24, 2.45) is 0 Å². The maximum absolute atomic E-state index is 11.2. The molecular formula is C24H22N5O9P. The number of phosphoric acid groups is 1. The van der Waals surface area contributed by atoms with Gasteiger partial charge in [0.2, 0.25) is 0 Å². The van der Waals surface area contributed by atoms with Crippen molar-refractivity contribution < 1.29 is 38.7 Å². The molecule has 0 bridgehead atoms. The van der Waals surface area contributed by atoms with Crippen molar-refractivity contribution in [1.29, 1.82) is 0 Å². The Morgan fingerprint density at radius 2 is 1.77 bits per heavy atom. The molecule has 1 fully saturated rings. The molecule has 202 valence electrons.